The maximum atomic E-state index is 4.56. The average molecular weight is 71.1 g/mol. The molecule has 0 unspecified atom stereocenters. The predicted octanol–water partition coefficient (Wildman–Crippen LogP) is -0.336. The van der Waals surface area contributed by atoms with Gasteiger partial charge in [-0.25, -0.2) is 4.99 Å². The second-order valence-electron chi connectivity index (χ2n) is 0.453. The van der Waals surface area contributed by atoms with Gasteiger partial charge in [0.2, 0.25) is 0 Å². The standard InChI is InChI=1S/C2H5N3/c1-4-2-5-3/h3H2,1H3. The van der Waals surface area contributed by atoms with Crippen molar-refractivity contribution in [3.63, 3.8) is 0 Å². The van der Waals surface area contributed by atoms with E-state index >= 15 is 0 Å². The van der Waals surface area contributed by atoms with Crippen LogP contribution in [-0.4, -0.2) is 13.1 Å². The third-order valence-corrected chi connectivity index (χ3v) is 0.158. The Morgan fingerprint density at radius 3 is 2.40 bits per heavy atom. The second-order valence-corrected chi connectivity index (χ2v) is 0.453. The van der Waals surface area contributed by atoms with Crippen LogP contribution in [0.4, 0.5) is 0 Å². The molecule has 0 saturated carbocycles. The Morgan fingerprint density at radius 1 is 1.80 bits per heavy atom. The van der Waals surface area contributed by atoms with Crippen molar-refractivity contribution in [1.82, 2.24) is 0 Å². The Morgan fingerprint density at radius 2 is 2.40 bits per heavy atom. The highest BCUT2D eigenvalue weighted by Crippen LogP contribution is 1.35. The van der Waals surface area contributed by atoms with E-state index in [0.717, 1.165) is 0 Å². The monoisotopic (exact) mass is 71.0 g/mol. The molecule has 0 aromatic carbocycles. The molecular formula is C2H5N3. The maximum Gasteiger partial charge on any atom is 0.114 e. The van der Waals surface area contributed by atoms with E-state index in [2.05, 4.69) is 21.9 Å². The molecule has 0 aliphatic carbocycles. The van der Waals surface area contributed by atoms with Gasteiger partial charge >= 0.3 is 0 Å². The molecule has 5 heavy (non-hydrogen) atoms. The van der Waals surface area contributed by atoms with Gasteiger partial charge in [0.05, 0.1) is 0 Å². The number of hydrogen-bond acceptors (Lipinski definition) is 3. The second kappa shape index (κ2) is 3.18. The van der Waals surface area contributed by atoms with Crippen LogP contribution in [0.15, 0.2) is 10.1 Å². The van der Waals surface area contributed by atoms with Gasteiger partial charge in [-0.3, -0.25) is 0 Å². The maximum absolute atomic E-state index is 4.56. The van der Waals surface area contributed by atoms with Crippen molar-refractivity contribution in [1.29, 1.82) is 0 Å². The van der Waals surface area contributed by atoms with Crippen LogP contribution in [-0.2, 0) is 0 Å². The molecule has 3 heteroatoms. The van der Waals surface area contributed by atoms with Crippen molar-refractivity contribution in [2.24, 2.45) is 15.9 Å². The van der Waals surface area contributed by atoms with Crippen LogP contribution in [0.2, 0.25) is 0 Å². The topological polar surface area (TPSA) is 50.7 Å². The third kappa shape index (κ3) is 3.18. The molecule has 0 aromatic heterocycles. The van der Waals surface area contributed by atoms with Crippen LogP contribution in [0.5, 0.6) is 0 Å². The molecule has 3 nitrogen and oxygen atoms in total. The van der Waals surface area contributed by atoms with Crippen molar-refractivity contribution in [2.45, 2.75) is 0 Å². The largest absolute Gasteiger partial charge is 0.314 e. The minimum Gasteiger partial charge on any atom is -0.314 e. The first-order valence-electron chi connectivity index (χ1n) is 1.15. The highest BCUT2D eigenvalue weighted by Gasteiger charge is 1.34. The Labute approximate surface area is 30.2 Å². The molecule has 2 N–H and O–H groups in total. The molecule has 0 aliphatic heterocycles. The predicted molar refractivity (Wildman–Crippen MR) is 20.0 cm³/mol. The van der Waals surface area contributed by atoms with Gasteiger partial charge in [-0.2, -0.15) is 0 Å². The van der Waals surface area contributed by atoms with Crippen molar-refractivity contribution >= 4 is 6.01 Å². The molecule has 0 aliphatic rings. The van der Waals surface area contributed by atoms with Gasteiger partial charge in [0, 0.05) is 7.05 Å². The molecule has 0 heterocycles. The van der Waals surface area contributed by atoms with Crippen molar-refractivity contribution in [2.75, 3.05) is 7.05 Å². The molecule has 0 rings (SSSR count). The lowest BCUT2D eigenvalue weighted by Gasteiger charge is -1.52. The third-order valence-electron chi connectivity index (χ3n) is 0.158. The van der Waals surface area contributed by atoms with E-state index in [1.54, 1.807) is 7.05 Å². The molecule has 0 atom stereocenters. The van der Waals surface area contributed by atoms with E-state index in [-0.39, 0.29) is 0 Å². The minimum atomic E-state index is 1.55. The first-order chi connectivity index (χ1) is 2.41. The van der Waals surface area contributed by atoms with Crippen LogP contribution in [0, 0.1) is 0 Å². The average Bonchev–Trinajstić information content (AvgIpc) is 1.41. The molecule has 28 valence electrons. The van der Waals surface area contributed by atoms with Gasteiger partial charge in [0.1, 0.15) is 6.01 Å². The van der Waals surface area contributed by atoms with Crippen LogP contribution in [0.1, 0.15) is 0 Å². The van der Waals surface area contributed by atoms with Crippen LogP contribution < -0.4 is 5.84 Å². The van der Waals surface area contributed by atoms with Gasteiger partial charge in [-0.05, 0) is 0 Å². The molecule has 0 bridgehead atoms. The zero-order chi connectivity index (χ0) is 4.12. The van der Waals surface area contributed by atoms with E-state index in [1.165, 1.54) is 0 Å². The molecule has 0 fully saturated rings. The molecular weight excluding hydrogens is 66.0 g/mol. The van der Waals surface area contributed by atoms with Crippen LogP contribution >= 0.6 is 0 Å². The van der Waals surface area contributed by atoms with E-state index < -0.39 is 0 Å². The first-order valence-corrected chi connectivity index (χ1v) is 1.15. The fraction of sp³-hybridized carbons (Fsp3) is 0.500. The van der Waals surface area contributed by atoms with Crippen molar-refractivity contribution in [3.05, 3.63) is 0 Å². The summed E-state index contributed by atoms with van der Waals surface area (Å²) in [5.41, 5.74) is 0. The van der Waals surface area contributed by atoms with E-state index in [4.69, 9.17) is 0 Å². The lowest BCUT2D eigenvalue weighted by atomic mass is 11.4. The highest BCUT2D eigenvalue weighted by atomic mass is 15.1. The Kier molecular flexibility index (Phi) is 2.66. The normalized spacial score (nSPS) is 5.00. The number of aliphatic imine (C=N–C) groups is 1. The number of nitrogens with two attached hydrogens (primary N) is 1. The summed E-state index contributed by atoms with van der Waals surface area (Å²) in [7, 11) is 1.55. The van der Waals surface area contributed by atoms with Gasteiger partial charge in [-0.1, -0.05) is 0 Å². The zero-order valence-corrected chi connectivity index (χ0v) is 2.97. The zero-order valence-electron chi connectivity index (χ0n) is 2.97. The number of nitrogens with zero attached hydrogens (tertiary/aromatic N) is 2. The lowest BCUT2D eigenvalue weighted by Crippen LogP contribution is -1.72. The summed E-state index contributed by atoms with van der Waals surface area (Å²) in [5.74, 6) is 4.56. The SMILES string of the molecule is CN=C=NN. The van der Waals surface area contributed by atoms with Crippen LogP contribution in [0.3, 0.4) is 0 Å². The van der Waals surface area contributed by atoms with E-state index in [0.29, 0.717) is 0 Å². The summed E-state index contributed by atoms with van der Waals surface area (Å²) in [6, 6.07) is 2.14. The van der Waals surface area contributed by atoms with Gasteiger partial charge in [0.25, 0.3) is 0 Å². The van der Waals surface area contributed by atoms with Gasteiger partial charge < -0.3 is 5.84 Å². The number of rotatable bonds is 0. The quantitative estimate of drug-likeness (QED) is 0.237. The van der Waals surface area contributed by atoms with Crippen LogP contribution in [0.25, 0.3) is 0 Å². The fourth-order valence-corrected chi connectivity index (χ4v) is 0.0577. The minimum absolute atomic E-state index is 1.55. The molecule has 0 spiro atoms. The fourth-order valence-electron chi connectivity index (χ4n) is 0.0577. The molecule has 0 saturated heterocycles. The summed E-state index contributed by atoms with van der Waals surface area (Å²) < 4.78 is 0. The van der Waals surface area contributed by atoms with Gasteiger partial charge in [-0.15, -0.1) is 5.10 Å². The smallest absolute Gasteiger partial charge is 0.114 e. The van der Waals surface area contributed by atoms with Crippen molar-refractivity contribution < 1.29 is 0 Å². The molecule has 0 radical (unpaired) electrons. The summed E-state index contributed by atoms with van der Waals surface area (Å²) in [5, 5.41) is 2.94. The van der Waals surface area contributed by atoms with Crippen molar-refractivity contribution in [3.8, 4) is 0 Å². The van der Waals surface area contributed by atoms with Gasteiger partial charge in [0.15, 0.2) is 0 Å². The first kappa shape index (κ1) is 4.18. The molecule has 0 aromatic rings. The Balaban J connectivity index is 3.26. The van der Waals surface area contributed by atoms with E-state index in [1.807, 2.05) is 0 Å². The summed E-state index contributed by atoms with van der Waals surface area (Å²) in [6.45, 7) is 0. The Hall–Kier alpha value is -0.820. The Bertz CT molecular complexity index is 53.3. The summed E-state index contributed by atoms with van der Waals surface area (Å²) >= 11 is 0. The highest BCUT2D eigenvalue weighted by molar-refractivity contribution is 5.39. The summed E-state index contributed by atoms with van der Waals surface area (Å²) in [4.78, 5) is 3.31. The number of hydrogen-bond donors (Lipinski definition) is 1. The van der Waals surface area contributed by atoms with E-state index in [9.17, 15) is 0 Å². The number of hydrazone groups is 1. The molecule has 0 amide bonds. The lowest BCUT2D eigenvalue weighted by molar-refractivity contribution is 1.25. The summed E-state index contributed by atoms with van der Waals surface area (Å²) in [6.07, 6.45) is 0.